The summed E-state index contributed by atoms with van der Waals surface area (Å²) in [5.74, 6) is -8.27. The summed E-state index contributed by atoms with van der Waals surface area (Å²) < 4.78 is 0. The smallest absolute Gasteiger partial charge is 0.339 e. The number of aliphatic carboxylic acids is 1. The number of carbonyl (C=O) groups is 4. The van der Waals surface area contributed by atoms with Gasteiger partial charge in [-0.3, -0.25) is 19.7 Å². The van der Waals surface area contributed by atoms with E-state index in [2.05, 4.69) is 0 Å². The number of phenolic OH excluding ortho intramolecular Hbond substituents is 3. The molecule has 0 bridgehead atoms. The number of nitrogens with one attached hydrogen (secondary N) is 1. The number of carboxylic acids is 2. The van der Waals surface area contributed by atoms with Crippen LogP contribution in [0.15, 0.2) is 24.3 Å². The summed E-state index contributed by atoms with van der Waals surface area (Å²) in [6.07, 6.45) is -0.622. The molecule has 0 atom stereocenters. The highest BCUT2D eigenvalue weighted by Crippen LogP contribution is 2.29. The van der Waals surface area contributed by atoms with E-state index in [4.69, 9.17) is 10.2 Å². The second-order valence-electron chi connectivity index (χ2n) is 5.54. The number of rotatable bonds is 5. The van der Waals surface area contributed by atoms with E-state index < -0.39 is 69.9 Å². The number of hydrogen-bond donors (Lipinski definition) is 7. The average Bonchev–Trinajstić information content (AvgIpc) is 2.58. The van der Waals surface area contributed by atoms with Gasteiger partial charge in [0.05, 0.1) is 17.5 Å². The van der Waals surface area contributed by atoms with Crippen molar-refractivity contribution < 1.29 is 49.8 Å². The van der Waals surface area contributed by atoms with E-state index in [1.165, 1.54) is 0 Å². The number of aromatic hydroxyl groups is 4. The lowest BCUT2D eigenvalue weighted by Crippen LogP contribution is -2.30. The van der Waals surface area contributed by atoms with Gasteiger partial charge in [0.2, 0.25) is 0 Å². The lowest BCUT2D eigenvalue weighted by molar-refractivity contribution is -0.136. The fourth-order valence-corrected chi connectivity index (χ4v) is 2.27. The van der Waals surface area contributed by atoms with Gasteiger partial charge in [0, 0.05) is 5.56 Å². The molecule has 2 amide bonds. The number of imide groups is 1. The lowest BCUT2D eigenvalue weighted by atomic mass is 10.0. The summed E-state index contributed by atoms with van der Waals surface area (Å²) in [4.78, 5) is 45.8. The standard InChI is InChI=1S/C17H13NO10/c19-10-3-7(11(20)1-6(10)2-14(23)24)15(25)18-16(26)8-4-13(22)9(17(27)28)5-12(8)21/h1,3-5,19-22H,2H2,(H,23,24)(H,27,28)(H,18,25,26). The molecular weight excluding hydrogens is 378 g/mol. The number of benzene rings is 2. The van der Waals surface area contributed by atoms with Crippen molar-refractivity contribution in [1.82, 2.24) is 5.32 Å². The minimum atomic E-state index is -1.56. The molecule has 2 rings (SSSR count). The maximum atomic E-state index is 12.1. The highest BCUT2D eigenvalue weighted by atomic mass is 16.4. The number of hydrogen-bond acceptors (Lipinski definition) is 8. The van der Waals surface area contributed by atoms with E-state index in [1.807, 2.05) is 0 Å². The Morgan fingerprint density at radius 1 is 0.679 bits per heavy atom. The maximum absolute atomic E-state index is 12.1. The predicted octanol–water partition coefficient (Wildman–Crippen LogP) is 0.405. The van der Waals surface area contributed by atoms with Crippen LogP contribution in [0.25, 0.3) is 0 Å². The number of carboxylic acid groups (broad SMARTS) is 2. The van der Waals surface area contributed by atoms with Gasteiger partial charge in [-0.25, -0.2) is 4.79 Å². The van der Waals surface area contributed by atoms with Crippen LogP contribution < -0.4 is 5.32 Å². The third-order valence-corrected chi connectivity index (χ3v) is 3.60. The summed E-state index contributed by atoms with van der Waals surface area (Å²) in [5, 5.41) is 58.3. The summed E-state index contributed by atoms with van der Waals surface area (Å²) in [6, 6.07) is 2.84. The molecule has 0 aliphatic carbocycles. The van der Waals surface area contributed by atoms with Crippen LogP contribution in [0.5, 0.6) is 23.0 Å². The van der Waals surface area contributed by atoms with E-state index in [-0.39, 0.29) is 5.56 Å². The molecule has 0 saturated heterocycles. The Kier molecular flexibility index (Phi) is 5.39. The van der Waals surface area contributed by atoms with Crippen LogP contribution in [-0.2, 0) is 11.2 Å². The molecule has 0 unspecified atom stereocenters. The van der Waals surface area contributed by atoms with Crippen molar-refractivity contribution in [1.29, 1.82) is 0 Å². The van der Waals surface area contributed by atoms with Gasteiger partial charge >= 0.3 is 11.9 Å². The Balaban J connectivity index is 2.29. The van der Waals surface area contributed by atoms with E-state index in [0.29, 0.717) is 12.1 Å². The first-order chi connectivity index (χ1) is 13.0. The highest BCUT2D eigenvalue weighted by molar-refractivity contribution is 6.13. The number of phenols is 4. The van der Waals surface area contributed by atoms with Crippen molar-refractivity contribution in [3.63, 3.8) is 0 Å². The van der Waals surface area contributed by atoms with E-state index in [9.17, 15) is 39.6 Å². The van der Waals surface area contributed by atoms with Crippen molar-refractivity contribution in [2.24, 2.45) is 0 Å². The molecular formula is C17H13NO10. The normalized spacial score (nSPS) is 10.3. The van der Waals surface area contributed by atoms with Crippen LogP contribution in [0.2, 0.25) is 0 Å². The van der Waals surface area contributed by atoms with Gasteiger partial charge < -0.3 is 30.6 Å². The second kappa shape index (κ2) is 7.53. The van der Waals surface area contributed by atoms with Gasteiger partial charge in [-0.15, -0.1) is 0 Å². The minimum absolute atomic E-state index is 0.167. The van der Waals surface area contributed by atoms with Gasteiger partial charge in [0.25, 0.3) is 11.8 Å². The Hall–Kier alpha value is -4.28. The maximum Gasteiger partial charge on any atom is 0.339 e. The predicted molar refractivity (Wildman–Crippen MR) is 89.6 cm³/mol. The van der Waals surface area contributed by atoms with Gasteiger partial charge in [-0.1, -0.05) is 0 Å². The molecule has 0 aliphatic rings. The summed E-state index contributed by atoms with van der Waals surface area (Å²) in [5.41, 5.74) is -2.02. The lowest BCUT2D eigenvalue weighted by Gasteiger charge is -2.10. The van der Waals surface area contributed by atoms with Crippen LogP contribution in [0, 0.1) is 0 Å². The molecule has 2 aromatic carbocycles. The molecule has 0 saturated carbocycles. The first-order valence-electron chi connectivity index (χ1n) is 7.42. The van der Waals surface area contributed by atoms with Crippen molar-refractivity contribution in [2.45, 2.75) is 6.42 Å². The fourth-order valence-electron chi connectivity index (χ4n) is 2.27. The molecule has 11 nitrogen and oxygen atoms in total. The second-order valence-corrected chi connectivity index (χ2v) is 5.54. The van der Waals surface area contributed by atoms with Crippen molar-refractivity contribution in [3.05, 3.63) is 46.5 Å². The Bertz CT molecular complexity index is 1010. The van der Waals surface area contributed by atoms with E-state index in [0.717, 1.165) is 12.1 Å². The SMILES string of the molecule is O=C(O)Cc1cc(O)c(C(=O)NC(=O)c2cc(O)c(C(=O)O)cc2O)cc1O. The van der Waals surface area contributed by atoms with E-state index in [1.54, 1.807) is 5.32 Å². The molecule has 0 aromatic heterocycles. The van der Waals surface area contributed by atoms with Crippen LogP contribution in [0.3, 0.4) is 0 Å². The minimum Gasteiger partial charge on any atom is -0.508 e. The number of carbonyl (C=O) groups excluding carboxylic acids is 2. The van der Waals surface area contributed by atoms with E-state index >= 15 is 0 Å². The Morgan fingerprint density at radius 2 is 1.11 bits per heavy atom. The fraction of sp³-hybridized carbons (Fsp3) is 0.0588. The van der Waals surface area contributed by atoms with Gasteiger partial charge in [0.1, 0.15) is 28.6 Å². The van der Waals surface area contributed by atoms with Gasteiger partial charge in [-0.05, 0) is 24.3 Å². The molecule has 0 fully saturated rings. The van der Waals surface area contributed by atoms with Crippen molar-refractivity contribution in [3.8, 4) is 23.0 Å². The monoisotopic (exact) mass is 391 g/mol. The zero-order chi connectivity index (χ0) is 21.2. The van der Waals surface area contributed by atoms with Crippen LogP contribution in [0.4, 0.5) is 0 Å². The quantitative estimate of drug-likeness (QED) is 0.276. The van der Waals surface area contributed by atoms with Crippen molar-refractivity contribution in [2.75, 3.05) is 0 Å². The molecule has 0 radical (unpaired) electrons. The van der Waals surface area contributed by atoms with Crippen LogP contribution in [0.1, 0.15) is 36.6 Å². The van der Waals surface area contributed by atoms with Gasteiger partial charge in [-0.2, -0.15) is 0 Å². The molecule has 0 spiro atoms. The molecule has 2 aromatic rings. The Morgan fingerprint density at radius 3 is 1.61 bits per heavy atom. The first kappa shape index (κ1) is 20.0. The summed E-state index contributed by atoms with van der Waals surface area (Å²) in [6.45, 7) is 0. The zero-order valence-electron chi connectivity index (χ0n) is 13.8. The Labute approximate surface area is 155 Å². The summed E-state index contributed by atoms with van der Waals surface area (Å²) >= 11 is 0. The molecule has 7 N–H and O–H groups in total. The zero-order valence-corrected chi connectivity index (χ0v) is 13.8. The van der Waals surface area contributed by atoms with Crippen LogP contribution >= 0.6 is 0 Å². The molecule has 11 heteroatoms. The summed E-state index contributed by atoms with van der Waals surface area (Å²) in [7, 11) is 0. The third-order valence-electron chi connectivity index (χ3n) is 3.60. The van der Waals surface area contributed by atoms with Gasteiger partial charge in [0.15, 0.2) is 0 Å². The molecule has 28 heavy (non-hydrogen) atoms. The topological polar surface area (TPSA) is 202 Å². The van der Waals surface area contributed by atoms with Crippen LogP contribution in [-0.4, -0.2) is 54.4 Å². The highest BCUT2D eigenvalue weighted by Gasteiger charge is 2.23. The molecule has 0 aliphatic heterocycles. The molecule has 146 valence electrons. The molecule has 0 heterocycles. The largest absolute Gasteiger partial charge is 0.508 e. The average molecular weight is 391 g/mol. The first-order valence-corrected chi connectivity index (χ1v) is 7.42. The van der Waals surface area contributed by atoms with Crippen molar-refractivity contribution >= 4 is 23.8 Å². The number of amides is 2. The third kappa shape index (κ3) is 4.09. The number of aromatic carboxylic acids is 1.